The first kappa shape index (κ1) is 22.7. The number of ether oxygens (including phenoxy) is 1. The fourth-order valence-electron chi connectivity index (χ4n) is 4.39. The van der Waals surface area contributed by atoms with Crippen LogP contribution in [0.3, 0.4) is 0 Å². The Bertz CT molecular complexity index is 668. The highest BCUT2D eigenvalue weighted by atomic mass is 16.5. The van der Waals surface area contributed by atoms with E-state index in [1.807, 2.05) is 17.0 Å². The van der Waals surface area contributed by atoms with E-state index in [2.05, 4.69) is 22.3 Å². The lowest BCUT2D eigenvalue weighted by molar-refractivity contribution is -0.121. The first-order valence-corrected chi connectivity index (χ1v) is 11.3. The van der Waals surface area contributed by atoms with Crippen molar-refractivity contribution in [1.82, 2.24) is 9.80 Å². The molecule has 2 aliphatic rings. The summed E-state index contributed by atoms with van der Waals surface area (Å²) >= 11 is 0. The number of anilines is 1. The second kappa shape index (κ2) is 12.0. The van der Waals surface area contributed by atoms with Crippen molar-refractivity contribution in [3.05, 3.63) is 29.8 Å². The molecule has 1 aromatic rings. The molecule has 0 unspecified atom stereocenters. The minimum Gasteiger partial charge on any atom is -0.379 e. The van der Waals surface area contributed by atoms with E-state index >= 15 is 0 Å². The predicted molar refractivity (Wildman–Crippen MR) is 118 cm³/mol. The minimum atomic E-state index is -0.390. The van der Waals surface area contributed by atoms with Gasteiger partial charge in [0.25, 0.3) is 0 Å². The summed E-state index contributed by atoms with van der Waals surface area (Å²) in [4.78, 5) is 28.2. The smallest absolute Gasteiger partial charge is 0.238 e. The van der Waals surface area contributed by atoms with Crippen molar-refractivity contribution in [2.24, 2.45) is 11.7 Å². The third kappa shape index (κ3) is 8.05. The maximum absolute atomic E-state index is 12.5. The number of rotatable bonds is 10. The molecule has 1 saturated carbocycles. The van der Waals surface area contributed by atoms with Crippen LogP contribution in [0.5, 0.6) is 0 Å². The second-order valence-electron chi connectivity index (χ2n) is 8.60. The molecular formula is C23H36N4O3. The number of benzene rings is 1. The molecule has 30 heavy (non-hydrogen) atoms. The van der Waals surface area contributed by atoms with Gasteiger partial charge in [0.05, 0.1) is 26.3 Å². The molecule has 1 aliphatic carbocycles. The first-order valence-electron chi connectivity index (χ1n) is 11.3. The summed E-state index contributed by atoms with van der Waals surface area (Å²) in [6.07, 6.45) is 7.46. The van der Waals surface area contributed by atoms with Crippen molar-refractivity contribution in [3.8, 4) is 0 Å². The van der Waals surface area contributed by atoms with Crippen molar-refractivity contribution < 1.29 is 14.3 Å². The number of primary amides is 1. The van der Waals surface area contributed by atoms with Gasteiger partial charge in [-0.15, -0.1) is 0 Å². The fourth-order valence-corrected chi connectivity index (χ4v) is 4.39. The predicted octanol–water partition coefficient (Wildman–Crippen LogP) is 2.21. The maximum Gasteiger partial charge on any atom is 0.238 e. The monoisotopic (exact) mass is 416 g/mol. The molecule has 1 heterocycles. The van der Waals surface area contributed by atoms with E-state index in [0.29, 0.717) is 5.92 Å². The quantitative estimate of drug-likeness (QED) is 0.611. The number of hydrogen-bond acceptors (Lipinski definition) is 5. The van der Waals surface area contributed by atoms with E-state index in [1.54, 1.807) is 0 Å². The van der Waals surface area contributed by atoms with E-state index in [4.69, 9.17) is 10.5 Å². The van der Waals surface area contributed by atoms with Gasteiger partial charge in [-0.2, -0.15) is 0 Å². The van der Waals surface area contributed by atoms with Gasteiger partial charge < -0.3 is 15.8 Å². The summed E-state index contributed by atoms with van der Waals surface area (Å²) in [5.74, 6) is 0.205. The van der Waals surface area contributed by atoms with Crippen molar-refractivity contribution in [1.29, 1.82) is 0 Å². The summed E-state index contributed by atoms with van der Waals surface area (Å²) < 4.78 is 5.39. The lowest BCUT2D eigenvalue weighted by Gasteiger charge is -2.26. The fraction of sp³-hybridized carbons (Fsp3) is 0.652. The summed E-state index contributed by atoms with van der Waals surface area (Å²) in [5, 5.41) is 2.95. The van der Waals surface area contributed by atoms with Crippen molar-refractivity contribution in [2.75, 3.05) is 51.3 Å². The Balaban J connectivity index is 1.45. The Kier molecular flexibility index (Phi) is 9.11. The molecule has 1 aromatic carbocycles. The number of amides is 2. The van der Waals surface area contributed by atoms with Crippen LogP contribution >= 0.6 is 0 Å². The largest absolute Gasteiger partial charge is 0.379 e. The third-order valence-corrected chi connectivity index (χ3v) is 6.07. The number of nitrogens with one attached hydrogen (secondary N) is 1. The van der Waals surface area contributed by atoms with E-state index in [9.17, 15) is 9.59 Å². The number of nitrogens with two attached hydrogens (primary N) is 1. The molecule has 7 nitrogen and oxygen atoms in total. The van der Waals surface area contributed by atoms with Crippen LogP contribution < -0.4 is 11.1 Å². The van der Waals surface area contributed by atoms with Crippen LogP contribution in [0.25, 0.3) is 0 Å². The van der Waals surface area contributed by atoms with Crippen LogP contribution in [0.15, 0.2) is 24.3 Å². The van der Waals surface area contributed by atoms with Crippen LogP contribution in [0.4, 0.5) is 5.69 Å². The molecule has 2 amide bonds. The number of carbonyl (C=O) groups excluding carboxylic acids is 2. The van der Waals surface area contributed by atoms with Crippen molar-refractivity contribution >= 4 is 17.5 Å². The lowest BCUT2D eigenvalue weighted by atomic mass is 9.87. The molecule has 1 aliphatic heterocycles. The topological polar surface area (TPSA) is 87.9 Å². The molecule has 0 spiro atoms. The van der Waals surface area contributed by atoms with Gasteiger partial charge in [0.1, 0.15) is 0 Å². The van der Waals surface area contributed by atoms with Gasteiger partial charge in [-0.3, -0.25) is 19.4 Å². The Labute approximate surface area is 179 Å². The van der Waals surface area contributed by atoms with Gasteiger partial charge in [-0.1, -0.05) is 44.2 Å². The van der Waals surface area contributed by atoms with Gasteiger partial charge in [0.2, 0.25) is 11.8 Å². The number of carbonyl (C=O) groups is 2. The van der Waals surface area contributed by atoms with Crippen LogP contribution in [0, 0.1) is 5.92 Å². The van der Waals surface area contributed by atoms with Gasteiger partial charge >= 0.3 is 0 Å². The molecule has 2 fully saturated rings. The van der Waals surface area contributed by atoms with E-state index in [1.165, 1.54) is 37.7 Å². The zero-order chi connectivity index (χ0) is 21.2. The van der Waals surface area contributed by atoms with Gasteiger partial charge in [-0.05, 0) is 36.6 Å². The Hall–Kier alpha value is -1.96. The zero-order valence-corrected chi connectivity index (χ0v) is 18.0. The molecule has 166 valence electrons. The maximum atomic E-state index is 12.5. The van der Waals surface area contributed by atoms with Crippen molar-refractivity contribution in [2.45, 2.75) is 45.1 Å². The van der Waals surface area contributed by atoms with Crippen LogP contribution in [0.1, 0.15) is 44.1 Å². The average Bonchev–Trinajstić information content (AvgIpc) is 2.74. The van der Waals surface area contributed by atoms with Gasteiger partial charge in [-0.25, -0.2) is 0 Å². The average molecular weight is 417 g/mol. The summed E-state index contributed by atoms with van der Waals surface area (Å²) in [6.45, 7) is 5.42. The summed E-state index contributed by atoms with van der Waals surface area (Å²) in [6, 6.07) is 7.98. The molecule has 0 radical (unpaired) electrons. The Morgan fingerprint density at radius 1 is 1.07 bits per heavy atom. The Morgan fingerprint density at radius 3 is 2.43 bits per heavy atom. The number of morpholine rings is 1. The third-order valence-electron chi connectivity index (χ3n) is 6.07. The summed E-state index contributed by atoms with van der Waals surface area (Å²) in [5.41, 5.74) is 7.39. The number of hydrogen-bond donors (Lipinski definition) is 2. The molecule has 3 rings (SSSR count). The van der Waals surface area contributed by atoms with E-state index in [0.717, 1.165) is 51.5 Å². The van der Waals surface area contributed by atoms with E-state index in [-0.39, 0.29) is 24.9 Å². The molecule has 1 saturated heterocycles. The second-order valence-corrected chi connectivity index (χ2v) is 8.60. The molecule has 3 N–H and O–H groups in total. The first-order chi connectivity index (χ1) is 14.6. The van der Waals surface area contributed by atoms with Gasteiger partial charge in [0, 0.05) is 25.3 Å². The standard InChI is InChI=1S/C23H36N4O3/c24-22(28)17-27(11-10-19-4-2-1-3-5-19)18-23(29)25-21-8-6-20(7-9-21)16-26-12-14-30-15-13-26/h6-9,19H,1-5,10-18H2,(H2,24,28)(H,25,29). The van der Waals surface area contributed by atoms with Crippen LogP contribution in [-0.2, 0) is 20.9 Å². The lowest BCUT2D eigenvalue weighted by Crippen LogP contribution is -2.40. The zero-order valence-electron chi connectivity index (χ0n) is 18.0. The molecule has 0 atom stereocenters. The molecular weight excluding hydrogens is 380 g/mol. The summed E-state index contributed by atoms with van der Waals surface area (Å²) in [7, 11) is 0. The molecule has 0 bridgehead atoms. The minimum absolute atomic E-state index is 0.110. The van der Waals surface area contributed by atoms with Crippen LogP contribution in [-0.4, -0.2) is 67.6 Å². The van der Waals surface area contributed by atoms with Crippen LogP contribution in [0.2, 0.25) is 0 Å². The molecule has 0 aromatic heterocycles. The molecule has 7 heteroatoms. The normalized spacial score (nSPS) is 18.4. The van der Waals surface area contributed by atoms with E-state index < -0.39 is 0 Å². The van der Waals surface area contributed by atoms with Gasteiger partial charge in [0.15, 0.2) is 0 Å². The number of nitrogens with zero attached hydrogens (tertiary/aromatic N) is 2. The highest BCUT2D eigenvalue weighted by Gasteiger charge is 2.18. The highest BCUT2D eigenvalue weighted by molar-refractivity contribution is 5.92. The Morgan fingerprint density at radius 2 is 1.77 bits per heavy atom. The highest BCUT2D eigenvalue weighted by Crippen LogP contribution is 2.26. The van der Waals surface area contributed by atoms with Crippen molar-refractivity contribution in [3.63, 3.8) is 0 Å². The SMILES string of the molecule is NC(=O)CN(CCC1CCCCC1)CC(=O)Nc1ccc(CN2CCOCC2)cc1.